The molecule has 0 atom stereocenters. The molecule has 0 aliphatic carbocycles. The molecule has 1 aromatic rings. The van der Waals surface area contributed by atoms with Gasteiger partial charge < -0.3 is 9.73 Å². The second-order valence-electron chi connectivity index (χ2n) is 4.94. The van der Waals surface area contributed by atoms with Gasteiger partial charge in [0.15, 0.2) is 5.69 Å². The first-order valence-electron chi connectivity index (χ1n) is 6.64. The van der Waals surface area contributed by atoms with Gasteiger partial charge in [-0.05, 0) is 38.8 Å². The maximum absolute atomic E-state index is 11.5. The summed E-state index contributed by atoms with van der Waals surface area (Å²) in [5.41, 5.74) is 0.372. The molecule has 0 bridgehead atoms. The van der Waals surface area contributed by atoms with E-state index in [4.69, 9.17) is 4.42 Å². The highest BCUT2D eigenvalue weighted by Crippen LogP contribution is 2.17. The predicted molar refractivity (Wildman–Crippen MR) is 68.2 cm³/mol. The Kier molecular flexibility index (Phi) is 4.36. The Morgan fingerprint density at radius 3 is 2.94 bits per heavy atom. The Labute approximate surface area is 108 Å². The molecule has 1 amide bonds. The van der Waals surface area contributed by atoms with Crippen molar-refractivity contribution in [3.63, 3.8) is 0 Å². The van der Waals surface area contributed by atoms with E-state index in [0.29, 0.717) is 24.7 Å². The number of carbonyl (C=O) groups excluding carboxylic acids is 1. The zero-order chi connectivity index (χ0) is 13.0. The molecule has 1 aromatic heterocycles. The molecule has 1 N–H and O–H groups in total. The van der Waals surface area contributed by atoms with Gasteiger partial charge in [-0.2, -0.15) is 0 Å². The molecule has 2 heterocycles. The molecule has 1 aliphatic rings. The first-order valence-corrected chi connectivity index (χ1v) is 6.64. The molecule has 0 aromatic carbocycles. The monoisotopic (exact) mass is 251 g/mol. The van der Waals surface area contributed by atoms with Gasteiger partial charge in [0, 0.05) is 6.54 Å². The van der Waals surface area contributed by atoms with Gasteiger partial charge in [-0.1, -0.05) is 6.92 Å². The lowest BCUT2D eigenvalue weighted by Crippen LogP contribution is -2.32. The van der Waals surface area contributed by atoms with E-state index in [0.717, 1.165) is 19.0 Å². The number of aromatic nitrogens is 1. The molecule has 18 heavy (non-hydrogen) atoms. The van der Waals surface area contributed by atoms with E-state index in [1.807, 2.05) is 6.92 Å². The third-order valence-corrected chi connectivity index (χ3v) is 3.36. The number of rotatable bonds is 4. The Morgan fingerprint density at radius 2 is 2.28 bits per heavy atom. The van der Waals surface area contributed by atoms with Gasteiger partial charge in [0.05, 0.1) is 6.54 Å². The largest absolute Gasteiger partial charge is 0.447 e. The molecule has 0 radical (unpaired) electrons. The highest BCUT2D eigenvalue weighted by atomic mass is 16.3. The zero-order valence-electron chi connectivity index (χ0n) is 11.1. The zero-order valence-corrected chi connectivity index (χ0v) is 11.1. The van der Waals surface area contributed by atoms with Gasteiger partial charge in [-0.3, -0.25) is 9.69 Å². The topological polar surface area (TPSA) is 58.4 Å². The maximum atomic E-state index is 11.5. The van der Waals surface area contributed by atoms with E-state index in [1.54, 1.807) is 0 Å². The van der Waals surface area contributed by atoms with Crippen molar-refractivity contribution in [1.29, 1.82) is 0 Å². The molecular formula is C13H21N3O2. The number of nitrogens with one attached hydrogen (secondary N) is 1. The third-order valence-electron chi connectivity index (χ3n) is 3.36. The van der Waals surface area contributed by atoms with E-state index in [9.17, 15) is 4.79 Å². The fourth-order valence-corrected chi connectivity index (χ4v) is 2.15. The molecule has 100 valence electrons. The Morgan fingerprint density at radius 1 is 1.56 bits per heavy atom. The van der Waals surface area contributed by atoms with Crippen molar-refractivity contribution in [2.75, 3.05) is 19.6 Å². The highest BCUT2D eigenvalue weighted by molar-refractivity contribution is 5.91. The first-order chi connectivity index (χ1) is 8.69. The van der Waals surface area contributed by atoms with Crippen molar-refractivity contribution >= 4 is 5.91 Å². The summed E-state index contributed by atoms with van der Waals surface area (Å²) in [7, 11) is 0. The standard InChI is InChI=1S/C13H21N3O2/c1-3-14-13(17)11-9-18-12(15-11)8-16-6-4-10(2)5-7-16/h9-10H,3-8H2,1-2H3,(H,14,17). The van der Waals surface area contributed by atoms with Crippen LogP contribution in [0.1, 0.15) is 43.1 Å². The van der Waals surface area contributed by atoms with E-state index >= 15 is 0 Å². The minimum atomic E-state index is -0.167. The summed E-state index contributed by atoms with van der Waals surface area (Å²) in [4.78, 5) is 18.1. The van der Waals surface area contributed by atoms with Gasteiger partial charge in [0.25, 0.3) is 5.91 Å². The van der Waals surface area contributed by atoms with E-state index < -0.39 is 0 Å². The normalized spacial score (nSPS) is 17.9. The van der Waals surface area contributed by atoms with Crippen LogP contribution < -0.4 is 5.32 Å². The summed E-state index contributed by atoms with van der Waals surface area (Å²) in [5, 5.41) is 2.71. The maximum Gasteiger partial charge on any atom is 0.273 e. The lowest BCUT2D eigenvalue weighted by atomic mass is 9.99. The van der Waals surface area contributed by atoms with Gasteiger partial charge in [0.1, 0.15) is 6.26 Å². The average Bonchev–Trinajstić information content (AvgIpc) is 2.81. The molecule has 2 rings (SSSR count). The molecule has 0 spiro atoms. The summed E-state index contributed by atoms with van der Waals surface area (Å²) in [6.07, 6.45) is 3.89. The highest BCUT2D eigenvalue weighted by Gasteiger charge is 2.18. The number of oxazole rings is 1. The van der Waals surface area contributed by atoms with Crippen molar-refractivity contribution in [3.05, 3.63) is 17.8 Å². The SMILES string of the molecule is CCNC(=O)c1coc(CN2CCC(C)CC2)n1. The first kappa shape index (κ1) is 13.1. The van der Waals surface area contributed by atoms with Crippen LogP contribution >= 0.6 is 0 Å². The number of hydrogen-bond acceptors (Lipinski definition) is 4. The van der Waals surface area contributed by atoms with Gasteiger partial charge in [-0.25, -0.2) is 4.98 Å². The Hall–Kier alpha value is -1.36. The summed E-state index contributed by atoms with van der Waals surface area (Å²) >= 11 is 0. The van der Waals surface area contributed by atoms with Gasteiger partial charge >= 0.3 is 0 Å². The second kappa shape index (κ2) is 6.00. The van der Waals surface area contributed by atoms with Crippen molar-refractivity contribution in [2.24, 2.45) is 5.92 Å². The van der Waals surface area contributed by atoms with Crippen molar-refractivity contribution in [2.45, 2.75) is 33.2 Å². The summed E-state index contributed by atoms with van der Waals surface area (Å²) in [6, 6.07) is 0. The minimum absolute atomic E-state index is 0.167. The summed E-state index contributed by atoms with van der Waals surface area (Å²) < 4.78 is 5.35. The molecule has 0 unspecified atom stereocenters. The molecule has 5 heteroatoms. The number of likely N-dealkylation sites (tertiary alicyclic amines) is 1. The average molecular weight is 251 g/mol. The Balaban J connectivity index is 1.88. The lowest BCUT2D eigenvalue weighted by molar-refractivity contribution is 0.0950. The van der Waals surface area contributed by atoms with Crippen LogP contribution in [0, 0.1) is 5.92 Å². The lowest BCUT2D eigenvalue weighted by Gasteiger charge is -2.28. The van der Waals surface area contributed by atoms with Gasteiger partial charge in [0.2, 0.25) is 5.89 Å². The van der Waals surface area contributed by atoms with Crippen molar-refractivity contribution in [3.8, 4) is 0 Å². The smallest absolute Gasteiger partial charge is 0.273 e. The predicted octanol–water partition coefficient (Wildman–Crippen LogP) is 1.66. The molecule has 1 aliphatic heterocycles. The van der Waals surface area contributed by atoms with Crippen LogP contribution in [0.5, 0.6) is 0 Å². The van der Waals surface area contributed by atoms with Crippen molar-refractivity contribution in [1.82, 2.24) is 15.2 Å². The number of amides is 1. The molecule has 5 nitrogen and oxygen atoms in total. The minimum Gasteiger partial charge on any atom is -0.447 e. The van der Waals surface area contributed by atoms with Crippen LogP contribution in [-0.4, -0.2) is 35.4 Å². The van der Waals surface area contributed by atoms with Crippen molar-refractivity contribution < 1.29 is 9.21 Å². The molecular weight excluding hydrogens is 230 g/mol. The van der Waals surface area contributed by atoms with Crippen LogP contribution in [0.25, 0.3) is 0 Å². The second-order valence-corrected chi connectivity index (χ2v) is 4.94. The number of hydrogen-bond donors (Lipinski definition) is 1. The van der Waals surface area contributed by atoms with Crippen LogP contribution in [0.2, 0.25) is 0 Å². The summed E-state index contributed by atoms with van der Waals surface area (Å²) in [6.45, 7) is 7.64. The van der Waals surface area contributed by atoms with E-state index in [1.165, 1.54) is 19.1 Å². The van der Waals surface area contributed by atoms with Crippen LogP contribution in [0.15, 0.2) is 10.7 Å². The molecule has 1 fully saturated rings. The van der Waals surface area contributed by atoms with Crippen LogP contribution in [-0.2, 0) is 6.54 Å². The number of piperidine rings is 1. The van der Waals surface area contributed by atoms with Gasteiger partial charge in [-0.15, -0.1) is 0 Å². The fourth-order valence-electron chi connectivity index (χ4n) is 2.15. The number of carbonyl (C=O) groups is 1. The summed E-state index contributed by atoms with van der Waals surface area (Å²) in [5.74, 6) is 1.28. The van der Waals surface area contributed by atoms with Crippen LogP contribution in [0.3, 0.4) is 0 Å². The van der Waals surface area contributed by atoms with E-state index in [-0.39, 0.29) is 5.91 Å². The quantitative estimate of drug-likeness (QED) is 0.884. The Bertz CT molecular complexity index is 395. The van der Waals surface area contributed by atoms with Crippen LogP contribution in [0.4, 0.5) is 0 Å². The molecule has 1 saturated heterocycles. The third kappa shape index (κ3) is 3.32. The van der Waals surface area contributed by atoms with E-state index in [2.05, 4.69) is 22.1 Å². The molecule has 0 saturated carbocycles. The number of nitrogens with zero attached hydrogens (tertiary/aromatic N) is 2. The fraction of sp³-hybridized carbons (Fsp3) is 0.692.